The Bertz CT molecular complexity index is 324. The van der Waals surface area contributed by atoms with Gasteiger partial charge < -0.3 is 5.32 Å². The first-order chi connectivity index (χ1) is 6.77. The number of nitrogens with one attached hydrogen (secondary N) is 1. The minimum atomic E-state index is 0.282. The number of hydrogen-bond donors (Lipinski definition) is 1. The predicted octanol–water partition coefficient (Wildman–Crippen LogP) is 2.60. The molecule has 1 unspecified atom stereocenters. The highest BCUT2D eigenvalue weighted by atomic mass is 35.5. The monoisotopic (exact) mass is 231 g/mol. The highest BCUT2D eigenvalue weighted by Crippen LogP contribution is 2.28. The molecule has 3 nitrogen and oxygen atoms in total. The summed E-state index contributed by atoms with van der Waals surface area (Å²) in [6.45, 7) is 1.03. The van der Waals surface area contributed by atoms with Gasteiger partial charge in [-0.15, -0.1) is 10.2 Å². The predicted molar refractivity (Wildman–Crippen MR) is 56.6 cm³/mol. The average Bonchev–Trinajstić information content (AvgIpc) is 2.23. The quantitative estimate of drug-likeness (QED) is 0.808. The highest BCUT2D eigenvalue weighted by molar-refractivity contribution is 6.31. The van der Waals surface area contributed by atoms with Gasteiger partial charge in [0, 0.05) is 11.6 Å². The van der Waals surface area contributed by atoms with Crippen LogP contribution >= 0.6 is 23.2 Å². The summed E-state index contributed by atoms with van der Waals surface area (Å²) >= 11 is 11.7. The van der Waals surface area contributed by atoms with Crippen LogP contribution in [-0.4, -0.2) is 16.7 Å². The smallest absolute Gasteiger partial charge is 0.156 e. The van der Waals surface area contributed by atoms with Gasteiger partial charge in [0.2, 0.25) is 0 Å². The number of hydrogen-bond acceptors (Lipinski definition) is 3. The van der Waals surface area contributed by atoms with E-state index in [4.69, 9.17) is 23.2 Å². The van der Waals surface area contributed by atoms with Gasteiger partial charge in [-0.05, 0) is 25.5 Å². The summed E-state index contributed by atoms with van der Waals surface area (Å²) in [5, 5.41) is 11.7. The molecule has 1 saturated heterocycles. The molecule has 1 aromatic heterocycles. The molecular weight excluding hydrogens is 221 g/mol. The van der Waals surface area contributed by atoms with Crippen molar-refractivity contribution in [1.82, 2.24) is 15.5 Å². The first-order valence-corrected chi connectivity index (χ1v) is 5.45. The van der Waals surface area contributed by atoms with E-state index in [1.807, 2.05) is 0 Å². The molecule has 1 aliphatic heterocycles. The molecule has 0 spiro atoms. The third-order valence-electron chi connectivity index (χ3n) is 2.43. The number of aromatic nitrogens is 2. The molecule has 0 saturated carbocycles. The summed E-state index contributed by atoms with van der Waals surface area (Å²) in [5.74, 6) is 0. The van der Waals surface area contributed by atoms with Crippen LogP contribution in [0.5, 0.6) is 0 Å². The van der Waals surface area contributed by atoms with Crippen LogP contribution in [0.1, 0.15) is 30.9 Å². The van der Waals surface area contributed by atoms with Crippen molar-refractivity contribution in [3.05, 3.63) is 21.9 Å². The van der Waals surface area contributed by atoms with Gasteiger partial charge in [0.05, 0.1) is 0 Å². The Kier molecular flexibility index (Phi) is 3.21. The Morgan fingerprint density at radius 3 is 2.86 bits per heavy atom. The highest BCUT2D eigenvalue weighted by Gasteiger charge is 2.18. The van der Waals surface area contributed by atoms with Crippen molar-refractivity contribution in [1.29, 1.82) is 0 Å². The zero-order valence-corrected chi connectivity index (χ0v) is 9.15. The maximum absolute atomic E-state index is 5.96. The van der Waals surface area contributed by atoms with E-state index < -0.39 is 0 Å². The fourth-order valence-electron chi connectivity index (χ4n) is 1.73. The fraction of sp³-hybridized carbons (Fsp3) is 0.556. The normalized spacial score (nSPS) is 22.3. The van der Waals surface area contributed by atoms with E-state index >= 15 is 0 Å². The van der Waals surface area contributed by atoms with Crippen molar-refractivity contribution in [3.8, 4) is 0 Å². The molecule has 0 amide bonds. The van der Waals surface area contributed by atoms with Gasteiger partial charge in [-0.2, -0.15) is 0 Å². The lowest BCUT2D eigenvalue weighted by Crippen LogP contribution is -2.27. The van der Waals surface area contributed by atoms with Crippen LogP contribution in [0.25, 0.3) is 0 Å². The van der Waals surface area contributed by atoms with Crippen LogP contribution in [0.4, 0.5) is 0 Å². The average molecular weight is 232 g/mol. The van der Waals surface area contributed by atoms with Gasteiger partial charge in [-0.25, -0.2) is 0 Å². The lowest BCUT2D eigenvalue weighted by molar-refractivity contribution is 0.411. The molecular formula is C9H11Cl2N3. The zero-order valence-electron chi connectivity index (χ0n) is 7.63. The molecule has 76 valence electrons. The van der Waals surface area contributed by atoms with E-state index in [-0.39, 0.29) is 6.04 Å². The Labute approximate surface area is 92.8 Å². The second-order valence-electron chi connectivity index (χ2n) is 3.42. The van der Waals surface area contributed by atoms with Gasteiger partial charge in [-0.3, -0.25) is 0 Å². The van der Waals surface area contributed by atoms with Gasteiger partial charge >= 0.3 is 0 Å². The van der Waals surface area contributed by atoms with Crippen molar-refractivity contribution < 1.29 is 0 Å². The fourth-order valence-corrected chi connectivity index (χ4v) is 2.11. The molecule has 2 rings (SSSR count). The van der Waals surface area contributed by atoms with Gasteiger partial charge in [0.1, 0.15) is 0 Å². The van der Waals surface area contributed by atoms with Crippen LogP contribution in [0.2, 0.25) is 10.3 Å². The van der Waals surface area contributed by atoms with Crippen molar-refractivity contribution in [2.24, 2.45) is 0 Å². The van der Waals surface area contributed by atoms with Crippen LogP contribution in [-0.2, 0) is 0 Å². The van der Waals surface area contributed by atoms with E-state index in [0.29, 0.717) is 10.3 Å². The SMILES string of the molecule is Clc1cc(C2CCCCN2)c(Cl)nn1. The number of halogens is 2. The Hall–Kier alpha value is -0.380. The second-order valence-corrected chi connectivity index (χ2v) is 4.16. The lowest BCUT2D eigenvalue weighted by atomic mass is 9.99. The van der Waals surface area contributed by atoms with Gasteiger partial charge in [-0.1, -0.05) is 29.6 Å². The Morgan fingerprint density at radius 2 is 2.14 bits per heavy atom. The standard InChI is InChI=1S/C9H11Cl2N3/c10-8-5-6(9(11)14-13-8)7-3-1-2-4-12-7/h5,7,12H,1-4H2. The second kappa shape index (κ2) is 4.43. The first-order valence-electron chi connectivity index (χ1n) is 4.69. The Balaban J connectivity index is 2.24. The molecule has 1 aliphatic rings. The summed E-state index contributed by atoms with van der Waals surface area (Å²) in [6.07, 6.45) is 3.52. The third-order valence-corrected chi connectivity index (χ3v) is 2.91. The topological polar surface area (TPSA) is 37.8 Å². The molecule has 1 N–H and O–H groups in total. The van der Waals surface area contributed by atoms with Crippen LogP contribution in [0, 0.1) is 0 Å². The van der Waals surface area contributed by atoms with E-state index in [9.17, 15) is 0 Å². The Morgan fingerprint density at radius 1 is 1.29 bits per heavy atom. The van der Waals surface area contributed by atoms with E-state index in [1.54, 1.807) is 6.07 Å². The van der Waals surface area contributed by atoms with Crippen molar-refractivity contribution >= 4 is 23.2 Å². The third kappa shape index (κ3) is 2.16. The minimum absolute atomic E-state index is 0.282. The molecule has 14 heavy (non-hydrogen) atoms. The van der Waals surface area contributed by atoms with Gasteiger partial charge in [0.15, 0.2) is 10.3 Å². The lowest BCUT2D eigenvalue weighted by Gasteiger charge is -2.23. The van der Waals surface area contributed by atoms with E-state index in [2.05, 4.69) is 15.5 Å². The molecule has 5 heteroatoms. The molecule has 0 bridgehead atoms. The maximum Gasteiger partial charge on any atom is 0.156 e. The summed E-state index contributed by atoms with van der Waals surface area (Å²) in [4.78, 5) is 0. The minimum Gasteiger partial charge on any atom is -0.310 e. The molecule has 2 heterocycles. The molecule has 1 atom stereocenters. The molecule has 0 aliphatic carbocycles. The van der Waals surface area contributed by atoms with Crippen molar-refractivity contribution in [2.75, 3.05) is 6.54 Å². The molecule has 0 radical (unpaired) electrons. The maximum atomic E-state index is 5.96. The summed E-state index contributed by atoms with van der Waals surface area (Å²) in [5.41, 5.74) is 0.964. The summed E-state index contributed by atoms with van der Waals surface area (Å²) in [6, 6.07) is 2.07. The molecule has 0 aromatic carbocycles. The number of rotatable bonds is 1. The molecule has 1 aromatic rings. The molecule has 1 fully saturated rings. The van der Waals surface area contributed by atoms with Crippen molar-refractivity contribution in [3.63, 3.8) is 0 Å². The van der Waals surface area contributed by atoms with Crippen LogP contribution in [0.15, 0.2) is 6.07 Å². The summed E-state index contributed by atoms with van der Waals surface area (Å²) in [7, 11) is 0. The van der Waals surface area contributed by atoms with E-state index in [1.165, 1.54) is 12.8 Å². The van der Waals surface area contributed by atoms with Crippen molar-refractivity contribution in [2.45, 2.75) is 25.3 Å². The van der Waals surface area contributed by atoms with Crippen LogP contribution < -0.4 is 5.32 Å². The van der Waals surface area contributed by atoms with E-state index in [0.717, 1.165) is 18.5 Å². The van der Waals surface area contributed by atoms with Crippen LogP contribution in [0.3, 0.4) is 0 Å². The first kappa shape index (κ1) is 10.1. The largest absolute Gasteiger partial charge is 0.310 e. The number of piperidine rings is 1. The summed E-state index contributed by atoms with van der Waals surface area (Å²) < 4.78 is 0. The number of nitrogens with zero attached hydrogens (tertiary/aromatic N) is 2. The van der Waals surface area contributed by atoms with Gasteiger partial charge in [0.25, 0.3) is 0 Å². The zero-order chi connectivity index (χ0) is 9.97.